The number of aromatic nitrogens is 4. The minimum atomic E-state index is -0.400. The van der Waals surface area contributed by atoms with Gasteiger partial charge in [-0.3, -0.25) is 0 Å². The van der Waals surface area contributed by atoms with Crippen molar-refractivity contribution in [1.82, 2.24) is 19.9 Å². The summed E-state index contributed by atoms with van der Waals surface area (Å²) in [5.74, 6) is 7.56. The number of hydrogen-bond donors (Lipinski definition) is 1. The Hall–Kier alpha value is -3.13. The maximum absolute atomic E-state index is 13.9. The van der Waals surface area contributed by atoms with Gasteiger partial charge in [-0.2, -0.15) is 0 Å². The molecule has 0 amide bonds. The van der Waals surface area contributed by atoms with Gasteiger partial charge in [0.05, 0.1) is 17.5 Å². The van der Waals surface area contributed by atoms with E-state index in [1.54, 1.807) is 24.4 Å². The number of nitrogens with zero attached hydrogens (tertiary/aromatic N) is 4. The third kappa shape index (κ3) is 3.18. The molecule has 2 aromatic carbocycles. The van der Waals surface area contributed by atoms with Gasteiger partial charge in [-0.15, -0.1) is 10.2 Å². The molecule has 4 rings (SSSR count). The Bertz CT molecular complexity index is 1030. The highest BCUT2D eigenvalue weighted by atomic mass is 32.2. The summed E-state index contributed by atoms with van der Waals surface area (Å²) in [5.41, 5.74) is 1.26. The smallest absolute Gasteiger partial charge is 0.210 e. The number of nitrogens with two attached hydrogens (primary N) is 1. The molecule has 2 N–H and O–H groups in total. The third-order valence-electron chi connectivity index (χ3n) is 3.72. The highest BCUT2D eigenvalue weighted by Crippen LogP contribution is 2.27. The number of halogens is 1. The summed E-state index contributed by atoms with van der Waals surface area (Å²) in [7, 11) is 0. The van der Waals surface area contributed by atoms with E-state index in [2.05, 4.69) is 15.2 Å². The molecule has 2 heterocycles. The van der Waals surface area contributed by atoms with Crippen LogP contribution in [-0.2, 0) is 5.75 Å². The van der Waals surface area contributed by atoms with Crippen LogP contribution in [0.4, 0.5) is 4.39 Å². The molecule has 0 unspecified atom stereocenters. The van der Waals surface area contributed by atoms with Gasteiger partial charge in [0.25, 0.3) is 0 Å². The van der Waals surface area contributed by atoms with Crippen LogP contribution in [0.15, 0.2) is 70.4 Å². The van der Waals surface area contributed by atoms with Crippen molar-refractivity contribution in [3.63, 3.8) is 0 Å². The summed E-state index contributed by atoms with van der Waals surface area (Å²) < 4.78 is 20.9. The summed E-state index contributed by atoms with van der Waals surface area (Å²) >= 11 is 1.32. The SMILES string of the molecule is Nn1c(SCc2ncc(-c3ccccc3)o2)nnc1-c1ccccc1F. The van der Waals surface area contributed by atoms with Crippen molar-refractivity contribution < 1.29 is 8.81 Å². The molecule has 0 saturated carbocycles. The van der Waals surface area contributed by atoms with Gasteiger partial charge in [-0.05, 0) is 12.1 Å². The van der Waals surface area contributed by atoms with Gasteiger partial charge in [0.15, 0.2) is 11.6 Å². The number of benzene rings is 2. The zero-order chi connectivity index (χ0) is 17.9. The lowest BCUT2D eigenvalue weighted by Gasteiger charge is -2.03. The lowest BCUT2D eigenvalue weighted by molar-refractivity contribution is 0.529. The van der Waals surface area contributed by atoms with Gasteiger partial charge >= 0.3 is 0 Å². The Morgan fingerprint density at radius 3 is 2.62 bits per heavy atom. The molecule has 130 valence electrons. The van der Waals surface area contributed by atoms with Gasteiger partial charge in [0.2, 0.25) is 11.0 Å². The van der Waals surface area contributed by atoms with E-state index in [9.17, 15) is 4.39 Å². The Morgan fingerprint density at radius 2 is 1.81 bits per heavy atom. The van der Waals surface area contributed by atoms with Crippen LogP contribution in [-0.4, -0.2) is 19.9 Å². The van der Waals surface area contributed by atoms with E-state index in [-0.39, 0.29) is 5.82 Å². The van der Waals surface area contributed by atoms with Crippen molar-refractivity contribution in [2.75, 3.05) is 5.84 Å². The topological polar surface area (TPSA) is 82.8 Å². The first-order chi connectivity index (χ1) is 12.7. The minimum absolute atomic E-state index is 0.267. The summed E-state index contributed by atoms with van der Waals surface area (Å²) in [6.45, 7) is 0. The molecule has 0 atom stereocenters. The monoisotopic (exact) mass is 367 g/mol. The molecule has 0 saturated heterocycles. The number of nitrogen functional groups attached to an aromatic ring is 1. The standard InChI is InChI=1S/C18H14FN5OS/c19-14-9-5-4-8-13(14)17-22-23-18(24(17)20)26-11-16-21-10-15(25-16)12-6-2-1-3-7-12/h1-10H,11,20H2. The predicted octanol–water partition coefficient (Wildman–Crippen LogP) is 3.75. The molecule has 8 heteroatoms. The van der Waals surface area contributed by atoms with E-state index in [0.717, 1.165) is 5.56 Å². The maximum Gasteiger partial charge on any atom is 0.210 e. The third-order valence-corrected chi connectivity index (χ3v) is 4.64. The molecule has 0 spiro atoms. The van der Waals surface area contributed by atoms with Crippen molar-refractivity contribution in [2.45, 2.75) is 10.9 Å². The number of rotatable bonds is 5. The van der Waals surface area contributed by atoms with Crippen molar-refractivity contribution >= 4 is 11.8 Å². The molecule has 4 aromatic rings. The molecular formula is C18H14FN5OS. The van der Waals surface area contributed by atoms with E-state index in [0.29, 0.717) is 28.1 Å². The molecule has 0 aliphatic rings. The molecule has 6 nitrogen and oxygen atoms in total. The maximum atomic E-state index is 13.9. The van der Waals surface area contributed by atoms with Crippen LogP contribution in [0.2, 0.25) is 0 Å². The highest BCUT2D eigenvalue weighted by molar-refractivity contribution is 7.98. The quantitative estimate of drug-likeness (QED) is 0.427. The summed E-state index contributed by atoms with van der Waals surface area (Å²) in [6, 6.07) is 16.0. The normalized spacial score (nSPS) is 11.0. The van der Waals surface area contributed by atoms with Crippen molar-refractivity contribution in [1.29, 1.82) is 0 Å². The van der Waals surface area contributed by atoms with Crippen molar-refractivity contribution in [3.8, 4) is 22.7 Å². The lowest BCUT2D eigenvalue weighted by atomic mass is 10.2. The van der Waals surface area contributed by atoms with Crippen LogP contribution < -0.4 is 5.84 Å². The van der Waals surface area contributed by atoms with Crippen LogP contribution in [0.25, 0.3) is 22.7 Å². The van der Waals surface area contributed by atoms with E-state index in [1.807, 2.05) is 30.3 Å². The number of thioether (sulfide) groups is 1. The Labute approximate surface area is 152 Å². The van der Waals surface area contributed by atoms with Crippen LogP contribution in [0.3, 0.4) is 0 Å². The van der Waals surface area contributed by atoms with Crippen LogP contribution in [0, 0.1) is 5.82 Å². The fraction of sp³-hybridized carbons (Fsp3) is 0.0556. The summed E-state index contributed by atoms with van der Waals surface area (Å²) in [5, 5.41) is 8.46. The first-order valence-corrected chi connectivity index (χ1v) is 8.79. The molecular weight excluding hydrogens is 353 g/mol. The molecule has 0 aliphatic heterocycles. The fourth-order valence-electron chi connectivity index (χ4n) is 2.44. The van der Waals surface area contributed by atoms with Crippen LogP contribution in [0.1, 0.15) is 5.89 Å². The van der Waals surface area contributed by atoms with Crippen molar-refractivity contribution in [3.05, 3.63) is 72.5 Å². The summed E-state index contributed by atoms with van der Waals surface area (Å²) in [6.07, 6.45) is 1.68. The second-order valence-electron chi connectivity index (χ2n) is 5.43. The van der Waals surface area contributed by atoms with Crippen molar-refractivity contribution in [2.24, 2.45) is 0 Å². The number of hydrogen-bond acceptors (Lipinski definition) is 6. The zero-order valence-corrected chi connectivity index (χ0v) is 14.4. The molecule has 0 fully saturated rings. The van der Waals surface area contributed by atoms with E-state index >= 15 is 0 Å². The minimum Gasteiger partial charge on any atom is -0.440 e. The molecule has 26 heavy (non-hydrogen) atoms. The van der Waals surface area contributed by atoms with Crippen LogP contribution in [0.5, 0.6) is 0 Å². The van der Waals surface area contributed by atoms with Gasteiger partial charge < -0.3 is 10.3 Å². The van der Waals surface area contributed by atoms with Gasteiger partial charge in [-0.1, -0.05) is 54.2 Å². The first kappa shape index (κ1) is 16.3. The van der Waals surface area contributed by atoms with Crippen LogP contribution >= 0.6 is 11.8 Å². The van der Waals surface area contributed by atoms with E-state index in [1.165, 1.54) is 22.5 Å². The molecule has 0 bridgehead atoms. The van der Waals surface area contributed by atoms with E-state index < -0.39 is 5.82 Å². The van der Waals surface area contributed by atoms with Gasteiger partial charge in [0.1, 0.15) is 5.82 Å². The second kappa shape index (κ2) is 7.01. The second-order valence-corrected chi connectivity index (χ2v) is 6.37. The summed E-state index contributed by atoms with van der Waals surface area (Å²) in [4.78, 5) is 4.27. The van der Waals surface area contributed by atoms with Gasteiger partial charge in [-0.25, -0.2) is 14.1 Å². The average Bonchev–Trinajstić information content (AvgIpc) is 3.28. The van der Waals surface area contributed by atoms with Gasteiger partial charge in [0, 0.05) is 5.56 Å². The lowest BCUT2D eigenvalue weighted by Crippen LogP contribution is -2.12. The Morgan fingerprint density at radius 1 is 1.04 bits per heavy atom. The molecule has 2 aromatic heterocycles. The zero-order valence-electron chi connectivity index (χ0n) is 13.5. The predicted molar refractivity (Wildman–Crippen MR) is 97.1 cm³/mol. The van der Waals surface area contributed by atoms with E-state index in [4.69, 9.17) is 10.3 Å². The fourth-order valence-corrected chi connectivity index (χ4v) is 3.15. The largest absolute Gasteiger partial charge is 0.440 e. The first-order valence-electron chi connectivity index (χ1n) is 7.80. The highest BCUT2D eigenvalue weighted by Gasteiger charge is 2.16. The molecule has 0 aliphatic carbocycles. The average molecular weight is 367 g/mol. The molecule has 0 radical (unpaired) electrons. The Kier molecular flexibility index (Phi) is 4.40. The Balaban J connectivity index is 1.50. The number of oxazole rings is 1.